The summed E-state index contributed by atoms with van der Waals surface area (Å²) in [6.07, 6.45) is 4.61. The minimum atomic E-state index is -0.183. The highest BCUT2D eigenvalue weighted by Gasteiger charge is 2.59. The van der Waals surface area contributed by atoms with E-state index in [0.717, 1.165) is 12.3 Å². The third-order valence-corrected chi connectivity index (χ3v) is 3.25. The van der Waals surface area contributed by atoms with Crippen molar-refractivity contribution in [1.29, 1.82) is 0 Å². The fourth-order valence-corrected chi connectivity index (χ4v) is 2.57. The Hall–Kier alpha value is -0.570. The largest absolute Gasteiger partial charge is 0.368 e. The van der Waals surface area contributed by atoms with Gasteiger partial charge in [-0.25, -0.2) is 0 Å². The van der Waals surface area contributed by atoms with Crippen molar-refractivity contribution in [3.63, 3.8) is 0 Å². The molecule has 0 radical (unpaired) electrons. The maximum Gasteiger partial charge on any atom is 0.234 e. The molecule has 68 valence electrons. The molecule has 1 aliphatic heterocycles. The van der Waals surface area contributed by atoms with Crippen LogP contribution in [0.5, 0.6) is 0 Å². The number of primary amides is 1. The molecule has 2 fully saturated rings. The van der Waals surface area contributed by atoms with E-state index in [9.17, 15) is 4.79 Å². The van der Waals surface area contributed by atoms with E-state index in [2.05, 4.69) is 12.2 Å². The summed E-state index contributed by atoms with van der Waals surface area (Å²) in [6, 6.07) is -0.0460. The molecular formula is C9H16N2O. The summed E-state index contributed by atoms with van der Waals surface area (Å²) in [6.45, 7) is 2.18. The van der Waals surface area contributed by atoms with Crippen molar-refractivity contribution in [2.45, 2.75) is 44.2 Å². The maximum absolute atomic E-state index is 10.9. The van der Waals surface area contributed by atoms with Gasteiger partial charge in [-0.3, -0.25) is 10.1 Å². The molecule has 3 heteroatoms. The Morgan fingerprint density at radius 1 is 1.75 bits per heavy atom. The van der Waals surface area contributed by atoms with Crippen LogP contribution in [-0.2, 0) is 4.79 Å². The first-order valence-electron chi connectivity index (χ1n) is 4.75. The van der Waals surface area contributed by atoms with Gasteiger partial charge in [0.25, 0.3) is 0 Å². The van der Waals surface area contributed by atoms with Crippen molar-refractivity contribution in [2.75, 3.05) is 0 Å². The van der Waals surface area contributed by atoms with Crippen LogP contribution >= 0.6 is 0 Å². The standard InChI is InChI=1S/C9H16N2O/c1-2-3-9-5-6(9)4-7(11-9)8(10)12/h6-7,11H,2-5H2,1H3,(H2,10,12). The first kappa shape index (κ1) is 8.05. The molecule has 3 nitrogen and oxygen atoms in total. The van der Waals surface area contributed by atoms with Crippen molar-refractivity contribution < 1.29 is 4.79 Å². The van der Waals surface area contributed by atoms with E-state index >= 15 is 0 Å². The van der Waals surface area contributed by atoms with Gasteiger partial charge >= 0.3 is 0 Å². The van der Waals surface area contributed by atoms with Gasteiger partial charge in [-0.15, -0.1) is 0 Å². The van der Waals surface area contributed by atoms with Crippen LogP contribution < -0.4 is 11.1 Å². The van der Waals surface area contributed by atoms with Crippen LogP contribution in [0.4, 0.5) is 0 Å². The van der Waals surface area contributed by atoms with Crippen LogP contribution in [0.1, 0.15) is 32.6 Å². The summed E-state index contributed by atoms with van der Waals surface area (Å²) >= 11 is 0. The molecule has 3 atom stereocenters. The van der Waals surface area contributed by atoms with E-state index in [-0.39, 0.29) is 11.9 Å². The Balaban J connectivity index is 1.96. The van der Waals surface area contributed by atoms with Gasteiger partial charge in [0.05, 0.1) is 6.04 Å². The average Bonchev–Trinajstić information content (AvgIpc) is 2.54. The quantitative estimate of drug-likeness (QED) is 0.640. The number of nitrogens with one attached hydrogen (secondary N) is 1. The highest BCUT2D eigenvalue weighted by molar-refractivity contribution is 5.80. The lowest BCUT2D eigenvalue weighted by molar-refractivity contribution is -0.120. The van der Waals surface area contributed by atoms with Gasteiger partial charge in [0, 0.05) is 5.54 Å². The number of carbonyl (C=O) groups excluding carboxylic acids is 1. The molecule has 1 amide bonds. The second-order valence-corrected chi connectivity index (χ2v) is 4.14. The van der Waals surface area contributed by atoms with Gasteiger partial charge in [-0.2, -0.15) is 0 Å². The summed E-state index contributed by atoms with van der Waals surface area (Å²) < 4.78 is 0. The lowest BCUT2D eigenvalue weighted by atomic mass is 10.1. The van der Waals surface area contributed by atoms with Gasteiger partial charge in [-0.05, 0) is 25.2 Å². The van der Waals surface area contributed by atoms with E-state index in [4.69, 9.17) is 5.73 Å². The molecule has 3 N–H and O–H groups in total. The molecule has 12 heavy (non-hydrogen) atoms. The van der Waals surface area contributed by atoms with Crippen molar-refractivity contribution >= 4 is 5.91 Å². The van der Waals surface area contributed by atoms with E-state index in [0.29, 0.717) is 5.54 Å². The predicted octanol–water partition coefficient (Wildman–Crippen LogP) is 0.392. The van der Waals surface area contributed by atoms with Crippen LogP contribution in [0, 0.1) is 5.92 Å². The van der Waals surface area contributed by atoms with Crippen LogP contribution in [-0.4, -0.2) is 17.5 Å². The fourth-order valence-electron chi connectivity index (χ4n) is 2.57. The van der Waals surface area contributed by atoms with Gasteiger partial charge in [0.15, 0.2) is 0 Å². The van der Waals surface area contributed by atoms with Crippen LogP contribution in [0.3, 0.4) is 0 Å². The van der Waals surface area contributed by atoms with E-state index in [1.54, 1.807) is 0 Å². The second-order valence-electron chi connectivity index (χ2n) is 4.14. The van der Waals surface area contributed by atoms with Gasteiger partial charge in [-0.1, -0.05) is 13.3 Å². The highest BCUT2D eigenvalue weighted by Crippen LogP contribution is 2.54. The summed E-state index contributed by atoms with van der Waals surface area (Å²) in [5, 5.41) is 3.37. The number of nitrogens with two attached hydrogens (primary N) is 1. The first-order chi connectivity index (χ1) is 5.68. The molecule has 0 aromatic carbocycles. The van der Waals surface area contributed by atoms with E-state index < -0.39 is 0 Å². The zero-order valence-corrected chi connectivity index (χ0v) is 7.47. The molecule has 0 aromatic heterocycles. The fraction of sp³-hybridized carbons (Fsp3) is 0.889. The van der Waals surface area contributed by atoms with Gasteiger partial charge < -0.3 is 5.73 Å². The predicted molar refractivity (Wildman–Crippen MR) is 46.5 cm³/mol. The second kappa shape index (κ2) is 2.46. The maximum atomic E-state index is 10.9. The zero-order chi connectivity index (χ0) is 8.77. The number of hydrogen-bond acceptors (Lipinski definition) is 2. The Kier molecular flexibility index (Phi) is 1.65. The first-order valence-corrected chi connectivity index (χ1v) is 4.75. The Labute approximate surface area is 72.7 Å². The van der Waals surface area contributed by atoms with Crippen molar-refractivity contribution in [2.24, 2.45) is 11.7 Å². The van der Waals surface area contributed by atoms with Crippen LogP contribution in [0.2, 0.25) is 0 Å². The van der Waals surface area contributed by atoms with E-state index in [1.165, 1.54) is 19.3 Å². The summed E-state index contributed by atoms with van der Waals surface area (Å²) in [5.41, 5.74) is 5.55. The molecule has 2 rings (SSSR count). The third-order valence-electron chi connectivity index (χ3n) is 3.25. The summed E-state index contributed by atoms with van der Waals surface area (Å²) in [4.78, 5) is 10.9. The molecule has 1 saturated carbocycles. The zero-order valence-electron chi connectivity index (χ0n) is 7.47. The number of amides is 1. The monoisotopic (exact) mass is 168 g/mol. The van der Waals surface area contributed by atoms with Gasteiger partial charge in [0.2, 0.25) is 5.91 Å². The molecule has 1 saturated heterocycles. The molecule has 0 aromatic rings. The number of rotatable bonds is 3. The smallest absolute Gasteiger partial charge is 0.234 e. The molecule has 0 spiro atoms. The lowest BCUT2D eigenvalue weighted by Crippen LogP contribution is -2.43. The van der Waals surface area contributed by atoms with Crippen LogP contribution in [0.25, 0.3) is 0 Å². The number of piperidine rings is 1. The Bertz CT molecular complexity index is 217. The molecule has 1 heterocycles. The Morgan fingerprint density at radius 3 is 3.00 bits per heavy atom. The SMILES string of the molecule is CCCC12CC1CC(C(N)=O)N2. The molecule has 0 bridgehead atoms. The lowest BCUT2D eigenvalue weighted by Gasteiger charge is -2.15. The molecule has 2 aliphatic rings. The topological polar surface area (TPSA) is 55.1 Å². The van der Waals surface area contributed by atoms with Crippen molar-refractivity contribution in [1.82, 2.24) is 5.32 Å². The number of carbonyl (C=O) groups is 1. The third kappa shape index (κ3) is 1.04. The van der Waals surface area contributed by atoms with E-state index in [1.807, 2.05) is 0 Å². The van der Waals surface area contributed by atoms with Crippen LogP contribution in [0.15, 0.2) is 0 Å². The minimum Gasteiger partial charge on any atom is -0.368 e. The average molecular weight is 168 g/mol. The highest BCUT2D eigenvalue weighted by atomic mass is 16.1. The summed E-state index contributed by atoms with van der Waals surface area (Å²) in [7, 11) is 0. The van der Waals surface area contributed by atoms with Gasteiger partial charge in [0.1, 0.15) is 0 Å². The number of hydrogen-bond donors (Lipinski definition) is 2. The van der Waals surface area contributed by atoms with Crippen molar-refractivity contribution in [3.05, 3.63) is 0 Å². The molecule has 1 aliphatic carbocycles. The normalized spacial score (nSPS) is 44.1. The summed E-state index contributed by atoms with van der Waals surface area (Å²) in [5.74, 6) is 0.549. The molecule has 3 unspecified atom stereocenters. The minimum absolute atomic E-state index is 0.0460. The Morgan fingerprint density at radius 2 is 2.50 bits per heavy atom. The molecular weight excluding hydrogens is 152 g/mol. The van der Waals surface area contributed by atoms with Crippen molar-refractivity contribution in [3.8, 4) is 0 Å². The number of fused-ring (bicyclic) bond motifs is 1.